The molecule has 0 amide bonds. The zero-order chi connectivity index (χ0) is 7.82. The second-order valence-corrected chi connectivity index (χ2v) is 1.75. The smallest absolute Gasteiger partial charge is 0.0654 e. The fourth-order valence-electron chi connectivity index (χ4n) is 0.321. The van der Waals surface area contributed by atoms with Crippen molar-refractivity contribution < 1.29 is 4.84 Å². The third-order valence-electron chi connectivity index (χ3n) is 0.736. The van der Waals surface area contributed by atoms with Gasteiger partial charge in [0.15, 0.2) is 0 Å². The zero-order valence-electron chi connectivity index (χ0n) is 5.83. The van der Waals surface area contributed by atoms with Gasteiger partial charge >= 0.3 is 0 Å². The van der Waals surface area contributed by atoms with E-state index in [2.05, 4.69) is 11.4 Å². The first-order valence-corrected chi connectivity index (χ1v) is 3.10. The molecule has 0 aromatic heterocycles. The maximum Gasteiger partial charge on any atom is 0.0654 e. The maximum atomic E-state index is 5.41. The predicted molar refractivity (Wildman–Crippen MR) is 43.2 cm³/mol. The Morgan fingerprint density at radius 1 is 1.40 bits per heavy atom. The highest BCUT2D eigenvalue weighted by atomic mass is 35.5. The fourth-order valence-corrected chi connectivity index (χ4v) is 0.386. The molecule has 0 atom stereocenters. The van der Waals surface area contributed by atoms with Gasteiger partial charge < -0.3 is 0 Å². The summed E-state index contributed by atoms with van der Waals surface area (Å²) < 4.78 is 1.08. The van der Waals surface area contributed by atoms with E-state index < -0.39 is 0 Å². The van der Waals surface area contributed by atoms with Gasteiger partial charge in [-0.15, -0.1) is 0 Å². The van der Waals surface area contributed by atoms with Gasteiger partial charge in [-0.2, -0.15) is 4.58 Å². The quantitative estimate of drug-likeness (QED) is 0.355. The Hall–Kier alpha value is -0.730. The van der Waals surface area contributed by atoms with Crippen LogP contribution >= 0.6 is 11.8 Å². The summed E-state index contributed by atoms with van der Waals surface area (Å²) in [6, 6.07) is 0. The molecular formula is C7H10ClNO. The van der Waals surface area contributed by atoms with E-state index in [0.717, 1.165) is 4.58 Å². The average molecular weight is 160 g/mol. The van der Waals surface area contributed by atoms with Gasteiger partial charge in [0.25, 0.3) is 0 Å². The number of hydrogen-bond donors (Lipinski definition) is 0. The summed E-state index contributed by atoms with van der Waals surface area (Å²) in [7, 11) is 1.48. The number of hydrogen-bond acceptors (Lipinski definition) is 2. The summed E-state index contributed by atoms with van der Waals surface area (Å²) in [6.45, 7) is 3.50. The van der Waals surface area contributed by atoms with Gasteiger partial charge in [-0.1, -0.05) is 24.8 Å². The highest BCUT2D eigenvalue weighted by Crippen LogP contribution is 1.93. The number of hydroxylamine groups is 1. The molecule has 3 heteroatoms. The van der Waals surface area contributed by atoms with Crippen LogP contribution in [0.25, 0.3) is 0 Å². The van der Waals surface area contributed by atoms with Crippen LogP contribution in [0.15, 0.2) is 37.1 Å². The van der Waals surface area contributed by atoms with E-state index in [1.807, 2.05) is 0 Å². The van der Waals surface area contributed by atoms with Crippen molar-refractivity contribution in [2.45, 2.75) is 0 Å². The van der Waals surface area contributed by atoms with Crippen LogP contribution in [0.4, 0.5) is 0 Å². The monoisotopic (exact) mass is 159 g/mol. The van der Waals surface area contributed by atoms with Crippen LogP contribution < -0.4 is 0 Å². The second kappa shape index (κ2) is 6.39. The molecule has 0 fully saturated rings. The van der Waals surface area contributed by atoms with E-state index in [1.54, 1.807) is 30.5 Å². The second-order valence-electron chi connectivity index (χ2n) is 1.42. The van der Waals surface area contributed by atoms with Gasteiger partial charge in [-0.25, -0.2) is 0 Å². The van der Waals surface area contributed by atoms with Crippen molar-refractivity contribution in [3.05, 3.63) is 37.1 Å². The average Bonchev–Trinajstić information content (AvgIpc) is 1.98. The zero-order valence-corrected chi connectivity index (χ0v) is 6.58. The summed E-state index contributed by atoms with van der Waals surface area (Å²) in [5.41, 5.74) is 0. The Kier molecular flexibility index (Phi) is 5.92. The molecule has 0 heterocycles. The molecule has 0 bridgehead atoms. The Morgan fingerprint density at radius 3 is 2.60 bits per heavy atom. The highest BCUT2D eigenvalue weighted by Gasteiger charge is 1.81. The van der Waals surface area contributed by atoms with Gasteiger partial charge in [0.05, 0.1) is 7.11 Å². The molecule has 2 nitrogen and oxygen atoms in total. The van der Waals surface area contributed by atoms with Crippen LogP contribution in [0, 0.1) is 0 Å². The summed E-state index contributed by atoms with van der Waals surface area (Å²) in [5.74, 6) is 0. The van der Waals surface area contributed by atoms with Gasteiger partial charge in [0, 0.05) is 18.0 Å². The van der Waals surface area contributed by atoms with Crippen molar-refractivity contribution in [2.75, 3.05) is 7.11 Å². The van der Waals surface area contributed by atoms with Gasteiger partial charge in [-0.05, 0) is 6.08 Å². The molecule has 0 radical (unpaired) electrons. The molecule has 0 spiro atoms. The minimum absolute atomic E-state index is 1.08. The first kappa shape index (κ1) is 9.27. The van der Waals surface area contributed by atoms with Crippen LogP contribution in [-0.2, 0) is 4.84 Å². The lowest BCUT2D eigenvalue weighted by Gasteiger charge is -2.02. The summed E-state index contributed by atoms with van der Waals surface area (Å²) in [5, 5.41) is 0. The van der Waals surface area contributed by atoms with E-state index in [4.69, 9.17) is 11.8 Å². The van der Waals surface area contributed by atoms with Crippen molar-refractivity contribution >= 4 is 11.8 Å². The van der Waals surface area contributed by atoms with E-state index in [-0.39, 0.29) is 0 Å². The Labute approximate surface area is 66.1 Å². The van der Waals surface area contributed by atoms with Crippen molar-refractivity contribution in [1.29, 1.82) is 0 Å². The van der Waals surface area contributed by atoms with Crippen LogP contribution in [0.5, 0.6) is 0 Å². The molecule has 0 aliphatic heterocycles. The van der Waals surface area contributed by atoms with Crippen molar-refractivity contribution in [3.8, 4) is 0 Å². The standard InChI is InChI=1S/C7H10ClNO/c1-3-4-5-6-7-9(8)10-2/h3-7H,1H2,2H3/b5-4-,7-6-. The van der Waals surface area contributed by atoms with Gasteiger partial charge in [0.1, 0.15) is 0 Å². The third-order valence-corrected chi connectivity index (χ3v) is 0.987. The minimum atomic E-state index is 1.08. The number of halogens is 1. The van der Waals surface area contributed by atoms with Crippen LogP contribution in [-0.4, -0.2) is 11.7 Å². The molecule has 0 saturated carbocycles. The van der Waals surface area contributed by atoms with Crippen molar-refractivity contribution in [1.82, 2.24) is 4.58 Å². The Bertz CT molecular complexity index is 143. The molecule has 0 aromatic carbocycles. The lowest BCUT2D eigenvalue weighted by molar-refractivity contribution is -0.00404. The lowest BCUT2D eigenvalue weighted by atomic mass is 10.5. The SMILES string of the molecule is C=C/C=C\C=C/N(Cl)OC. The van der Waals surface area contributed by atoms with Crippen molar-refractivity contribution in [2.24, 2.45) is 0 Å². The maximum absolute atomic E-state index is 5.41. The van der Waals surface area contributed by atoms with Gasteiger partial charge in [-0.3, -0.25) is 4.84 Å². The van der Waals surface area contributed by atoms with Crippen LogP contribution in [0.1, 0.15) is 0 Å². The topological polar surface area (TPSA) is 12.5 Å². The minimum Gasteiger partial charge on any atom is -0.262 e. The van der Waals surface area contributed by atoms with Crippen LogP contribution in [0.3, 0.4) is 0 Å². The first-order chi connectivity index (χ1) is 4.81. The Balaban J connectivity index is 3.54. The number of nitrogens with zero attached hydrogens (tertiary/aromatic N) is 1. The van der Waals surface area contributed by atoms with Crippen molar-refractivity contribution in [3.63, 3.8) is 0 Å². The molecule has 56 valence electrons. The number of allylic oxidation sites excluding steroid dienone is 4. The molecular weight excluding hydrogens is 150 g/mol. The molecule has 0 saturated heterocycles. The lowest BCUT2D eigenvalue weighted by Crippen LogP contribution is -1.98. The molecule has 0 aliphatic rings. The molecule has 0 rings (SSSR count). The van der Waals surface area contributed by atoms with E-state index in [1.165, 1.54) is 7.11 Å². The molecule has 0 N–H and O–H groups in total. The highest BCUT2D eigenvalue weighted by molar-refractivity contribution is 6.13. The normalized spacial score (nSPS) is 11.0. The summed E-state index contributed by atoms with van der Waals surface area (Å²) in [4.78, 5) is 4.58. The molecule has 0 unspecified atom stereocenters. The van der Waals surface area contributed by atoms with E-state index in [0.29, 0.717) is 0 Å². The summed E-state index contributed by atoms with van der Waals surface area (Å²) in [6.07, 6.45) is 8.56. The fraction of sp³-hybridized carbons (Fsp3) is 0.143. The van der Waals surface area contributed by atoms with Crippen LogP contribution in [0.2, 0.25) is 0 Å². The van der Waals surface area contributed by atoms with E-state index in [9.17, 15) is 0 Å². The largest absolute Gasteiger partial charge is 0.262 e. The number of rotatable bonds is 4. The predicted octanol–water partition coefficient (Wildman–Crippen LogP) is 2.26. The van der Waals surface area contributed by atoms with Gasteiger partial charge in [0.2, 0.25) is 0 Å². The molecule has 0 aliphatic carbocycles. The Morgan fingerprint density at radius 2 is 2.10 bits per heavy atom. The third kappa shape index (κ3) is 5.41. The molecule has 10 heavy (non-hydrogen) atoms. The molecule has 0 aromatic rings. The summed E-state index contributed by atoms with van der Waals surface area (Å²) >= 11 is 5.41. The first-order valence-electron chi connectivity index (χ1n) is 2.76. The van der Waals surface area contributed by atoms with E-state index >= 15 is 0 Å².